The van der Waals surface area contributed by atoms with E-state index in [4.69, 9.17) is 4.74 Å². The predicted molar refractivity (Wildman–Crippen MR) is 107 cm³/mol. The van der Waals surface area contributed by atoms with E-state index in [9.17, 15) is 4.79 Å². The van der Waals surface area contributed by atoms with Crippen LogP contribution in [0, 0.1) is 6.92 Å². The van der Waals surface area contributed by atoms with Gasteiger partial charge >= 0.3 is 0 Å². The Hall–Kier alpha value is -3.34. The maximum Gasteiger partial charge on any atom is 0.276 e. The number of aromatic nitrogens is 1. The van der Waals surface area contributed by atoms with Crippen LogP contribution < -0.4 is 15.0 Å². The van der Waals surface area contributed by atoms with Crippen LogP contribution in [0.4, 0.5) is 17.1 Å². The summed E-state index contributed by atoms with van der Waals surface area (Å²) in [6, 6.07) is 17.6. The number of nitrogens with one attached hydrogen (secondary N) is 1. The summed E-state index contributed by atoms with van der Waals surface area (Å²) in [5, 5.41) is 3.33. The summed E-state index contributed by atoms with van der Waals surface area (Å²) in [6.07, 6.45) is 2.53. The van der Waals surface area contributed by atoms with E-state index in [1.807, 2.05) is 49.4 Å². The number of hydrogen-bond donors (Lipinski definition) is 1. The molecule has 2 aromatic carbocycles. The van der Waals surface area contributed by atoms with Crippen LogP contribution in [0.3, 0.4) is 0 Å². The number of methoxy groups -OCH3 is 1. The molecule has 1 aromatic heterocycles. The molecule has 0 unspecified atom stereocenters. The molecule has 2 heterocycles. The number of benzene rings is 2. The Balaban J connectivity index is 1.60. The second kappa shape index (κ2) is 7.11. The van der Waals surface area contributed by atoms with Crippen LogP contribution in [0.15, 0.2) is 60.8 Å². The molecule has 5 nitrogen and oxygen atoms in total. The van der Waals surface area contributed by atoms with E-state index in [-0.39, 0.29) is 5.91 Å². The number of carbonyl (C=O) groups is 1. The lowest BCUT2D eigenvalue weighted by Crippen LogP contribution is -2.29. The van der Waals surface area contributed by atoms with Gasteiger partial charge in [0, 0.05) is 24.1 Å². The minimum atomic E-state index is -0.0835. The molecule has 1 N–H and O–H groups in total. The van der Waals surface area contributed by atoms with Gasteiger partial charge in [0.1, 0.15) is 11.4 Å². The first-order chi connectivity index (χ1) is 13.2. The molecule has 0 fully saturated rings. The summed E-state index contributed by atoms with van der Waals surface area (Å²) < 4.78 is 5.42. The second-order valence-corrected chi connectivity index (χ2v) is 6.59. The Bertz CT molecular complexity index is 1000. The fourth-order valence-electron chi connectivity index (χ4n) is 3.39. The Morgan fingerprint density at radius 2 is 2.00 bits per heavy atom. The molecular formula is C22H21N3O2. The molecule has 3 aromatic rings. The number of ether oxygens (including phenoxy) is 1. The Morgan fingerprint density at radius 1 is 1.15 bits per heavy atom. The summed E-state index contributed by atoms with van der Waals surface area (Å²) in [7, 11) is 1.64. The molecule has 1 amide bonds. The number of anilines is 3. The fraction of sp³-hybridized carbons (Fsp3) is 0.182. The highest BCUT2D eigenvalue weighted by atomic mass is 16.5. The molecule has 1 aliphatic heterocycles. The SMILES string of the molecule is COc1ccc(C)cc1Nc1ccnc(C(=O)N2CCc3ccccc32)c1. The number of rotatable bonds is 4. The van der Waals surface area contributed by atoms with Crippen LogP contribution in [-0.4, -0.2) is 24.5 Å². The van der Waals surface area contributed by atoms with Gasteiger partial charge < -0.3 is 15.0 Å². The van der Waals surface area contributed by atoms with E-state index in [0.29, 0.717) is 12.2 Å². The first-order valence-corrected chi connectivity index (χ1v) is 8.93. The molecule has 136 valence electrons. The second-order valence-electron chi connectivity index (χ2n) is 6.59. The van der Waals surface area contributed by atoms with Gasteiger partial charge in [-0.2, -0.15) is 0 Å². The van der Waals surface area contributed by atoms with E-state index in [1.165, 1.54) is 5.56 Å². The first-order valence-electron chi connectivity index (χ1n) is 8.93. The van der Waals surface area contributed by atoms with Crippen molar-refractivity contribution in [1.29, 1.82) is 0 Å². The highest BCUT2D eigenvalue weighted by molar-refractivity contribution is 6.06. The standard InChI is InChI=1S/C22H21N3O2/c1-15-7-8-21(27-2)18(13-15)24-17-9-11-23-19(14-17)22(26)25-12-10-16-5-3-4-6-20(16)25/h3-9,11,13-14H,10,12H2,1-2H3,(H,23,24). The lowest BCUT2D eigenvalue weighted by molar-refractivity contribution is 0.0984. The van der Waals surface area contributed by atoms with Crippen molar-refractivity contribution in [2.24, 2.45) is 0 Å². The molecule has 4 rings (SSSR count). The third-order valence-corrected chi connectivity index (χ3v) is 4.75. The Morgan fingerprint density at radius 3 is 2.85 bits per heavy atom. The minimum absolute atomic E-state index is 0.0835. The number of fused-ring (bicyclic) bond motifs is 1. The molecule has 0 saturated heterocycles. The molecule has 0 bridgehead atoms. The zero-order chi connectivity index (χ0) is 18.8. The highest BCUT2D eigenvalue weighted by Crippen LogP contribution is 2.30. The normalized spacial score (nSPS) is 12.6. The zero-order valence-corrected chi connectivity index (χ0v) is 15.4. The van der Waals surface area contributed by atoms with Crippen LogP contribution in [0.1, 0.15) is 21.6 Å². The Labute approximate surface area is 158 Å². The predicted octanol–water partition coefficient (Wildman–Crippen LogP) is 4.35. The first kappa shape index (κ1) is 17.1. The molecule has 27 heavy (non-hydrogen) atoms. The number of carbonyl (C=O) groups excluding carboxylic acids is 1. The lowest BCUT2D eigenvalue weighted by Gasteiger charge is -2.17. The van der Waals surface area contributed by atoms with E-state index >= 15 is 0 Å². The fourth-order valence-corrected chi connectivity index (χ4v) is 3.39. The van der Waals surface area contributed by atoms with Gasteiger partial charge in [-0.3, -0.25) is 9.78 Å². The molecule has 0 spiro atoms. The van der Waals surface area contributed by atoms with Crippen LogP contribution in [0.25, 0.3) is 0 Å². The van der Waals surface area contributed by atoms with Gasteiger partial charge in [0.15, 0.2) is 0 Å². The average molecular weight is 359 g/mol. The maximum absolute atomic E-state index is 13.0. The Kier molecular flexibility index (Phi) is 4.50. The molecular weight excluding hydrogens is 338 g/mol. The molecule has 0 radical (unpaired) electrons. The third-order valence-electron chi connectivity index (χ3n) is 4.75. The van der Waals surface area contributed by atoms with Gasteiger partial charge in [-0.05, 0) is 54.8 Å². The third kappa shape index (κ3) is 3.36. The number of hydrogen-bond acceptors (Lipinski definition) is 4. The molecule has 5 heteroatoms. The summed E-state index contributed by atoms with van der Waals surface area (Å²) in [4.78, 5) is 19.1. The monoisotopic (exact) mass is 359 g/mol. The molecule has 0 saturated carbocycles. The van der Waals surface area contributed by atoms with Crippen molar-refractivity contribution in [2.45, 2.75) is 13.3 Å². The van der Waals surface area contributed by atoms with Crippen LogP contribution in [0.2, 0.25) is 0 Å². The van der Waals surface area contributed by atoms with Gasteiger partial charge in [-0.15, -0.1) is 0 Å². The van der Waals surface area contributed by atoms with Crippen molar-refractivity contribution >= 4 is 23.0 Å². The van der Waals surface area contributed by atoms with E-state index in [1.54, 1.807) is 24.3 Å². The maximum atomic E-state index is 13.0. The summed E-state index contributed by atoms with van der Waals surface area (Å²) in [5.41, 5.74) is 5.37. The van der Waals surface area contributed by atoms with Gasteiger partial charge in [-0.1, -0.05) is 24.3 Å². The topological polar surface area (TPSA) is 54.5 Å². The molecule has 0 atom stereocenters. The average Bonchev–Trinajstić information content (AvgIpc) is 3.12. The largest absolute Gasteiger partial charge is 0.495 e. The van der Waals surface area contributed by atoms with Crippen molar-refractivity contribution < 1.29 is 9.53 Å². The van der Waals surface area contributed by atoms with Gasteiger partial charge in [0.25, 0.3) is 5.91 Å². The zero-order valence-electron chi connectivity index (χ0n) is 15.4. The van der Waals surface area contributed by atoms with Crippen molar-refractivity contribution in [3.05, 3.63) is 77.6 Å². The van der Waals surface area contributed by atoms with Crippen molar-refractivity contribution in [3.63, 3.8) is 0 Å². The lowest BCUT2D eigenvalue weighted by atomic mass is 10.2. The number of aryl methyl sites for hydroxylation is 1. The van der Waals surface area contributed by atoms with E-state index in [2.05, 4.69) is 16.4 Å². The van der Waals surface area contributed by atoms with Gasteiger partial charge in [0.05, 0.1) is 12.8 Å². The van der Waals surface area contributed by atoms with E-state index < -0.39 is 0 Å². The van der Waals surface area contributed by atoms with Crippen LogP contribution in [-0.2, 0) is 6.42 Å². The quantitative estimate of drug-likeness (QED) is 0.753. The molecule has 0 aliphatic carbocycles. The number of pyridine rings is 1. The summed E-state index contributed by atoms with van der Waals surface area (Å²) >= 11 is 0. The molecule has 1 aliphatic rings. The van der Waals surface area contributed by atoms with Crippen LogP contribution in [0.5, 0.6) is 5.75 Å². The van der Waals surface area contributed by atoms with Crippen molar-refractivity contribution in [2.75, 3.05) is 23.9 Å². The van der Waals surface area contributed by atoms with Gasteiger partial charge in [0.2, 0.25) is 0 Å². The number of para-hydroxylation sites is 1. The van der Waals surface area contributed by atoms with Crippen molar-refractivity contribution in [1.82, 2.24) is 4.98 Å². The highest BCUT2D eigenvalue weighted by Gasteiger charge is 2.26. The van der Waals surface area contributed by atoms with Crippen molar-refractivity contribution in [3.8, 4) is 5.75 Å². The minimum Gasteiger partial charge on any atom is -0.495 e. The van der Waals surface area contributed by atoms with Crippen LogP contribution >= 0.6 is 0 Å². The summed E-state index contributed by atoms with van der Waals surface area (Å²) in [6.45, 7) is 2.71. The number of nitrogens with zero attached hydrogens (tertiary/aromatic N) is 2. The van der Waals surface area contributed by atoms with Gasteiger partial charge in [-0.25, -0.2) is 0 Å². The summed E-state index contributed by atoms with van der Waals surface area (Å²) in [5.74, 6) is 0.665. The van der Waals surface area contributed by atoms with E-state index in [0.717, 1.165) is 34.8 Å². The smallest absolute Gasteiger partial charge is 0.276 e. The number of amides is 1.